The predicted molar refractivity (Wildman–Crippen MR) is 69.8 cm³/mol. The second-order valence-corrected chi connectivity index (χ2v) is 5.07. The number of halogens is 1. The Morgan fingerprint density at radius 3 is 2.75 bits per heavy atom. The van der Waals surface area contributed by atoms with Crippen molar-refractivity contribution in [2.75, 3.05) is 13.7 Å². The molecular formula is C13H18BrNO. The molecule has 0 aromatic heterocycles. The van der Waals surface area contributed by atoms with Crippen LogP contribution in [-0.2, 0) is 0 Å². The Bertz CT molecular complexity index is 363. The minimum atomic E-state index is 0.477. The molecule has 1 saturated carbocycles. The van der Waals surface area contributed by atoms with Gasteiger partial charge >= 0.3 is 0 Å². The number of benzene rings is 1. The average molecular weight is 284 g/mol. The van der Waals surface area contributed by atoms with E-state index in [1.54, 1.807) is 0 Å². The van der Waals surface area contributed by atoms with E-state index in [0.29, 0.717) is 12.6 Å². The minimum Gasteiger partial charge on any atom is -0.494 e. The van der Waals surface area contributed by atoms with E-state index in [1.807, 2.05) is 14.0 Å². The lowest BCUT2D eigenvalue weighted by Gasteiger charge is -2.18. The minimum absolute atomic E-state index is 0.477. The molecule has 0 spiro atoms. The summed E-state index contributed by atoms with van der Waals surface area (Å²) in [4.78, 5) is 0. The summed E-state index contributed by atoms with van der Waals surface area (Å²) in [6, 6.07) is 6.75. The zero-order valence-electron chi connectivity index (χ0n) is 9.79. The van der Waals surface area contributed by atoms with Crippen molar-refractivity contribution in [1.82, 2.24) is 5.32 Å². The van der Waals surface area contributed by atoms with Gasteiger partial charge in [0.25, 0.3) is 0 Å². The predicted octanol–water partition coefficient (Wildman–Crippen LogP) is 3.52. The first-order valence-electron chi connectivity index (χ1n) is 5.85. The number of rotatable bonds is 5. The van der Waals surface area contributed by atoms with Crippen LogP contribution in [0, 0.1) is 5.92 Å². The van der Waals surface area contributed by atoms with Gasteiger partial charge in [0.2, 0.25) is 0 Å². The molecule has 0 amide bonds. The smallest absolute Gasteiger partial charge is 0.120 e. The molecule has 1 atom stereocenters. The molecule has 2 nitrogen and oxygen atoms in total. The van der Waals surface area contributed by atoms with Crippen molar-refractivity contribution < 1.29 is 4.74 Å². The molecule has 0 saturated heterocycles. The SMILES string of the molecule is CCOc1ccc(C(NC)C2CC2)c(Br)c1. The molecule has 0 radical (unpaired) electrons. The van der Waals surface area contributed by atoms with Gasteiger partial charge in [0.15, 0.2) is 0 Å². The molecule has 0 aliphatic heterocycles. The molecular weight excluding hydrogens is 266 g/mol. The summed E-state index contributed by atoms with van der Waals surface area (Å²) < 4.78 is 6.62. The third-order valence-electron chi connectivity index (χ3n) is 3.02. The van der Waals surface area contributed by atoms with Crippen molar-refractivity contribution in [2.45, 2.75) is 25.8 Å². The van der Waals surface area contributed by atoms with E-state index in [1.165, 1.54) is 18.4 Å². The molecule has 1 aromatic carbocycles. The Hall–Kier alpha value is -0.540. The van der Waals surface area contributed by atoms with Crippen LogP contribution in [0.3, 0.4) is 0 Å². The molecule has 1 fully saturated rings. The van der Waals surface area contributed by atoms with Crippen molar-refractivity contribution in [3.8, 4) is 5.75 Å². The standard InChI is InChI=1S/C13H18BrNO/c1-3-16-10-6-7-11(12(14)8-10)13(15-2)9-4-5-9/h6-9,13,15H,3-5H2,1-2H3. The highest BCUT2D eigenvalue weighted by Crippen LogP contribution is 2.43. The van der Waals surface area contributed by atoms with Crippen LogP contribution < -0.4 is 10.1 Å². The Morgan fingerprint density at radius 1 is 1.50 bits per heavy atom. The third-order valence-corrected chi connectivity index (χ3v) is 3.71. The molecule has 0 bridgehead atoms. The maximum absolute atomic E-state index is 5.48. The molecule has 0 heterocycles. The summed E-state index contributed by atoms with van der Waals surface area (Å²) in [5, 5.41) is 3.40. The summed E-state index contributed by atoms with van der Waals surface area (Å²) >= 11 is 3.63. The Labute approximate surface area is 106 Å². The quantitative estimate of drug-likeness (QED) is 0.893. The van der Waals surface area contributed by atoms with E-state index in [4.69, 9.17) is 4.74 Å². The van der Waals surface area contributed by atoms with Crippen LogP contribution in [0.15, 0.2) is 22.7 Å². The number of ether oxygens (including phenoxy) is 1. The first kappa shape index (κ1) is 11.9. The third kappa shape index (κ3) is 2.58. The van der Waals surface area contributed by atoms with Crippen LogP contribution in [0.1, 0.15) is 31.4 Å². The maximum atomic E-state index is 5.48. The van der Waals surface area contributed by atoms with Crippen LogP contribution in [0.2, 0.25) is 0 Å². The summed E-state index contributed by atoms with van der Waals surface area (Å²) in [5.41, 5.74) is 1.34. The van der Waals surface area contributed by atoms with Gasteiger partial charge in [-0.1, -0.05) is 22.0 Å². The highest BCUT2D eigenvalue weighted by molar-refractivity contribution is 9.10. The highest BCUT2D eigenvalue weighted by atomic mass is 79.9. The number of hydrogen-bond acceptors (Lipinski definition) is 2. The average Bonchev–Trinajstić information content (AvgIpc) is 3.07. The van der Waals surface area contributed by atoms with Crippen LogP contribution in [0.4, 0.5) is 0 Å². The second kappa shape index (κ2) is 5.19. The Kier molecular flexibility index (Phi) is 3.87. The summed E-state index contributed by atoms with van der Waals surface area (Å²) in [5.74, 6) is 1.74. The van der Waals surface area contributed by atoms with E-state index in [2.05, 4.69) is 39.4 Å². The van der Waals surface area contributed by atoms with Crippen molar-refractivity contribution in [2.24, 2.45) is 5.92 Å². The van der Waals surface area contributed by atoms with E-state index in [9.17, 15) is 0 Å². The largest absolute Gasteiger partial charge is 0.494 e. The lowest BCUT2D eigenvalue weighted by Crippen LogP contribution is -2.18. The van der Waals surface area contributed by atoms with Crippen LogP contribution >= 0.6 is 15.9 Å². The van der Waals surface area contributed by atoms with Gasteiger partial charge in [-0.3, -0.25) is 0 Å². The summed E-state index contributed by atoms with van der Waals surface area (Å²) in [6.07, 6.45) is 2.68. The molecule has 1 N–H and O–H groups in total. The zero-order chi connectivity index (χ0) is 11.5. The van der Waals surface area contributed by atoms with Crippen molar-refractivity contribution in [1.29, 1.82) is 0 Å². The highest BCUT2D eigenvalue weighted by Gasteiger charge is 2.32. The normalized spacial score (nSPS) is 17.2. The van der Waals surface area contributed by atoms with Gasteiger partial charge in [0.1, 0.15) is 5.75 Å². The topological polar surface area (TPSA) is 21.3 Å². The zero-order valence-corrected chi connectivity index (χ0v) is 11.4. The van der Waals surface area contributed by atoms with Gasteiger partial charge in [-0.25, -0.2) is 0 Å². The van der Waals surface area contributed by atoms with Gasteiger partial charge in [-0.05, 0) is 50.4 Å². The monoisotopic (exact) mass is 283 g/mol. The van der Waals surface area contributed by atoms with Crippen LogP contribution in [0.25, 0.3) is 0 Å². The fourth-order valence-electron chi connectivity index (χ4n) is 2.09. The summed E-state index contributed by atoms with van der Waals surface area (Å²) in [7, 11) is 2.03. The first-order valence-corrected chi connectivity index (χ1v) is 6.65. The fourth-order valence-corrected chi connectivity index (χ4v) is 2.70. The Balaban J connectivity index is 2.20. The van der Waals surface area contributed by atoms with Crippen LogP contribution in [-0.4, -0.2) is 13.7 Å². The molecule has 88 valence electrons. The maximum Gasteiger partial charge on any atom is 0.120 e. The van der Waals surface area contributed by atoms with E-state index >= 15 is 0 Å². The van der Waals surface area contributed by atoms with E-state index in [0.717, 1.165) is 16.1 Å². The molecule has 1 aliphatic rings. The molecule has 1 aromatic rings. The molecule has 1 unspecified atom stereocenters. The fraction of sp³-hybridized carbons (Fsp3) is 0.538. The summed E-state index contributed by atoms with van der Waals surface area (Å²) in [6.45, 7) is 2.71. The molecule has 3 heteroatoms. The first-order chi connectivity index (χ1) is 7.76. The van der Waals surface area contributed by atoms with Crippen molar-refractivity contribution in [3.63, 3.8) is 0 Å². The second-order valence-electron chi connectivity index (χ2n) is 4.22. The van der Waals surface area contributed by atoms with Gasteiger partial charge < -0.3 is 10.1 Å². The molecule has 2 rings (SSSR count). The van der Waals surface area contributed by atoms with E-state index < -0.39 is 0 Å². The molecule has 1 aliphatic carbocycles. The molecule has 16 heavy (non-hydrogen) atoms. The van der Waals surface area contributed by atoms with Crippen molar-refractivity contribution in [3.05, 3.63) is 28.2 Å². The van der Waals surface area contributed by atoms with Gasteiger partial charge in [0.05, 0.1) is 6.61 Å². The number of hydrogen-bond donors (Lipinski definition) is 1. The van der Waals surface area contributed by atoms with E-state index in [-0.39, 0.29) is 0 Å². The lowest BCUT2D eigenvalue weighted by molar-refractivity contribution is 0.339. The number of nitrogens with one attached hydrogen (secondary N) is 1. The van der Waals surface area contributed by atoms with Crippen molar-refractivity contribution >= 4 is 15.9 Å². The van der Waals surface area contributed by atoms with Gasteiger partial charge in [-0.15, -0.1) is 0 Å². The van der Waals surface area contributed by atoms with Gasteiger partial charge in [-0.2, -0.15) is 0 Å². The van der Waals surface area contributed by atoms with Crippen LogP contribution in [0.5, 0.6) is 5.75 Å². The Morgan fingerprint density at radius 2 is 2.25 bits per heavy atom. The van der Waals surface area contributed by atoms with Gasteiger partial charge in [0, 0.05) is 10.5 Å². The lowest BCUT2D eigenvalue weighted by atomic mass is 10.0.